The zero-order valence-corrected chi connectivity index (χ0v) is 19.0. The molecular weight excluding hydrogens is 447 g/mol. The van der Waals surface area contributed by atoms with Crippen LogP contribution in [0.3, 0.4) is 0 Å². The van der Waals surface area contributed by atoms with Gasteiger partial charge in [-0.3, -0.25) is 9.78 Å². The summed E-state index contributed by atoms with van der Waals surface area (Å²) in [6, 6.07) is 12.2. The normalized spacial score (nSPS) is 18.7. The van der Waals surface area contributed by atoms with E-state index in [1.165, 1.54) is 11.1 Å². The molecule has 1 aliphatic heterocycles. The monoisotopic (exact) mass is 468 g/mol. The lowest BCUT2D eigenvalue weighted by atomic mass is 9.95. The Morgan fingerprint density at radius 1 is 1.28 bits per heavy atom. The molecular formula is C25H22Cl2N2O3. The van der Waals surface area contributed by atoms with Gasteiger partial charge in [0, 0.05) is 22.6 Å². The minimum atomic E-state index is -0.845. The Balaban J connectivity index is 1.43. The summed E-state index contributed by atoms with van der Waals surface area (Å²) in [6.45, 7) is 2.34. The zero-order chi connectivity index (χ0) is 22.4. The standard InChI is InChI=1S/C25H22Cl2N2O3/c1-13-5-7-19(26)23(24(13)27)18-4-2-3-17-16(18)6-8-20(17)29-15-10-21-25(28-11-15)14(12-32-21)9-22(30)31/h2-5,7,10-11,14,20,29H,6,8-9,12H2,1H3,(H,30,31)/t14?,20-/m1/s1. The fourth-order valence-corrected chi connectivity index (χ4v) is 5.31. The quantitative estimate of drug-likeness (QED) is 0.452. The Morgan fingerprint density at radius 3 is 2.94 bits per heavy atom. The van der Waals surface area contributed by atoms with Gasteiger partial charge in [-0.25, -0.2) is 0 Å². The van der Waals surface area contributed by atoms with Gasteiger partial charge in [0.1, 0.15) is 5.75 Å². The fraction of sp³-hybridized carbons (Fsp3) is 0.280. The highest BCUT2D eigenvalue weighted by Gasteiger charge is 2.30. The summed E-state index contributed by atoms with van der Waals surface area (Å²) in [5.41, 5.74) is 7.03. The molecule has 0 bridgehead atoms. The molecule has 0 amide bonds. The van der Waals surface area contributed by atoms with Gasteiger partial charge in [0.2, 0.25) is 0 Å². The second-order valence-corrected chi connectivity index (χ2v) is 9.16. The van der Waals surface area contributed by atoms with E-state index in [-0.39, 0.29) is 18.4 Å². The number of nitrogens with one attached hydrogen (secondary N) is 1. The highest BCUT2D eigenvalue weighted by Crippen LogP contribution is 2.45. The van der Waals surface area contributed by atoms with Crippen molar-refractivity contribution >= 4 is 34.9 Å². The maximum Gasteiger partial charge on any atom is 0.304 e. The summed E-state index contributed by atoms with van der Waals surface area (Å²) in [7, 11) is 0. The van der Waals surface area contributed by atoms with E-state index in [9.17, 15) is 4.79 Å². The van der Waals surface area contributed by atoms with Gasteiger partial charge >= 0.3 is 5.97 Å². The largest absolute Gasteiger partial charge is 0.491 e. The molecule has 164 valence electrons. The topological polar surface area (TPSA) is 71.5 Å². The van der Waals surface area contributed by atoms with Crippen molar-refractivity contribution in [3.05, 3.63) is 75.0 Å². The number of ether oxygens (including phenoxy) is 1. The Kier molecular flexibility index (Phi) is 5.48. The molecule has 0 fully saturated rings. The Morgan fingerprint density at radius 2 is 2.12 bits per heavy atom. The zero-order valence-electron chi connectivity index (χ0n) is 17.5. The average Bonchev–Trinajstić information content (AvgIpc) is 3.35. The van der Waals surface area contributed by atoms with E-state index in [2.05, 4.69) is 22.4 Å². The van der Waals surface area contributed by atoms with Gasteiger partial charge in [-0.2, -0.15) is 0 Å². The second-order valence-electron chi connectivity index (χ2n) is 8.38. The minimum Gasteiger partial charge on any atom is -0.491 e. The Bertz CT molecular complexity index is 1230. The first kappa shape index (κ1) is 21.1. The van der Waals surface area contributed by atoms with Crippen LogP contribution in [-0.4, -0.2) is 22.7 Å². The van der Waals surface area contributed by atoms with Crippen molar-refractivity contribution in [1.29, 1.82) is 0 Å². The third kappa shape index (κ3) is 3.70. The number of fused-ring (bicyclic) bond motifs is 2. The predicted octanol–water partition coefficient (Wildman–Crippen LogP) is 6.41. The van der Waals surface area contributed by atoms with Crippen LogP contribution in [0.2, 0.25) is 10.0 Å². The number of anilines is 1. The van der Waals surface area contributed by atoms with E-state index in [1.54, 1.807) is 6.20 Å². The number of hydrogen-bond acceptors (Lipinski definition) is 4. The number of carbonyl (C=O) groups is 1. The third-order valence-corrected chi connectivity index (χ3v) is 7.10. The van der Waals surface area contributed by atoms with E-state index in [1.807, 2.05) is 31.2 Å². The predicted molar refractivity (Wildman–Crippen MR) is 126 cm³/mol. The molecule has 1 aliphatic carbocycles. The van der Waals surface area contributed by atoms with Crippen LogP contribution in [0.15, 0.2) is 42.6 Å². The molecule has 0 saturated carbocycles. The number of carboxylic acids is 1. The number of hydrogen-bond donors (Lipinski definition) is 2. The molecule has 2 aliphatic rings. The van der Waals surface area contributed by atoms with Crippen molar-refractivity contribution in [3.8, 4) is 16.9 Å². The molecule has 5 nitrogen and oxygen atoms in total. The van der Waals surface area contributed by atoms with Gasteiger partial charge in [-0.05, 0) is 48.1 Å². The first-order chi connectivity index (χ1) is 15.4. The SMILES string of the molecule is Cc1ccc(Cl)c(-c2cccc3c2CC[C@H]3Nc2cnc3c(c2)OCC3CC(=O)O)c1Cl. The van der Waals surface area contributed by atoms with Gasteiger partial charge in [0.05, 0.1) is 41.7 Å². The number of pyridine rings is 1. The van der Waals surface area contributed by atoms with E-state index < -0.39 is 5.97 Å². The number of rotatable bonds is 5. The number of halogens is 2. The van der Waals surface area contributed by atoms with Gasteiger partial charge in [0.25, 0.3) is 0 Å². The number of carboxylic acid groups (broad SMARTS) is 1. The summed E-state index contributed by atoms with van der Waals surface area (Å²) in [5.74, 6) is -0.385. The van der Waals surface area contributed by atoms with Gasteiger partial charge in [-0.15, -0.1) is 0 Å². The number of nitrogens with zero attached hydrogens (tertiary/aromatic N) is 1. The lowest BCUT2D eigenvalue weighted by Gasteiger charge is -2.18. The molecule has 2 aromatic carbocycles. The van der Waals surface area contributed by atoms with E-state index in [4.69, 9.17) is 33.0 Å². The van der Waals surface area contributed by atoms with Crippen LogP contribution in [0.4, 0.5) is 5.69 Å². The van der Waals surface area contributed by atoms with Crippen LogP contribution in [-0.2, 0) is 11.2 Å². The highest BCUT2D eigenvalue weighted by molar-refractivity contribution is 6.39. The van der Waals surface area contributed by atoms with Gasteiger partial charge < -0.3 is 15.2 Å². The van der Waals surface area contributed by atoms with Crippen molar-refractivity contribution in [3.63, 3.8) is 0 Å². The maximum absolute atomic E-state index is 11.1. The fourth-order valence-electron chi connectivity index (χ4n) is 4.74. The molecule has 1 aromatic heterocycles. The van der Waals surface area contributed by atoms with E-state index >= 15 is 0 Å². The van der Waals surface area contributed by atoms with Crippen LogP contribution in [0.25, 0.3) is 11.1 Å². The molecule has 0 spiro atoms. The molecule has 7 heteroatoms. The van der Waals surface area contributed by atoms with E-state index in [0.29, 0.717) is 22.4 Å². The highest BCUT2D eigenvalue weighted by atomic mass is 35.5. The summed E-state index contributed by atoms with van der Waals surface area (Å²) in [6.07, 6.45) is 3.64. The van der Waals surface area contributed by atoms with Gasteiger partial charge in [0.15, 0.2) is 0 Å². The number of aromatic nitrogens is 1. The van der Waals surface area contributed by atoms with Crippen LogP contribution in [0.5, 0.6) is 5.75 Å². The summed E-state index contributed by atoms with van der Waals surface area (Å²) in [5, 5.41) is 14.0. The third-order valence-electron chi connectivity index (χ3n) is 6.29. The van der Waals surface area contributed by atoms with Crippen LogP contribution >= 0.6 is 23.2 Å². The molecule has 2 N–H and O–H groups in total. The van der Waals surface area contributed by atoms with Crippen molar-refractivity contribution in [1.82, 2.24) is 4.98 Å². The second kappa shape index (κ2) is 8.30. The van der Waals surface area contributed by atoms with E-state index in [0.717, 1.165) is 40.9 Å². The Hall–Kier alpha value is -2.76. The van der Waals surface area contributed by atoms with Crippen molar-refractivity contribution < 1.29 is 14.6 Å². The lowest BCUT2D eigenvalue weighted by molar-refractivity contribution is -0.137. The number of aliphatic carboxylic acids is 1. The molecule has 5 rings (SSSR count). The van der Waals surface area contributed by atoms with Crippen LogP contribution in [0.1, 0.15) is 47.2 Å². The van der Waals surface area contributed by atoms with Crippen LogP contribution < -0.4 is 10.1 Å². The Labute approximate surface area is 196 Å². The average molecular weight is 469 g/mol. The van der Waals surface area contributed by atoms with Crippen molar-refractivity contribution in [2.45, 2.75) is 38.1 Å². The van der Waals surface area contributed by atoms with Crippen molar-refractivity contribution in [2.75, 3.05) is 11.9 Å². The maximum atomic E-state index is 11.1. The molecule has 32 heavy (non-hydrogen) atoms. The molecule has 3 aromatic rings. The lowest BCUT2D eigenvalue weighted by Crippen LogP contribution is -2.09. The summed E-state index contributed by atoms with van der Waals surface area (Å²) < 4.78 is 5.71. The first-order valence-corrected chi connectivity index (χ1v) is 11.4. The smallest absolute Gasteiger partial charge is 0.304 e. The molecule has 0 radical (unpaired) electrons. The number of benzene rings is 2. The minimum absolute atomic E-state index is 0.0234. The van der Waals surface area contributed by atoms with Crippen molar-refractivity contribution in [2.24, 2.45) is 0 Å². The molecule has 0 saturated heterocycles. The van der Waals surface area contributed by atoms with Crippen LogP contribution in [0, 0.1) is 6.92 Å². The molecule has 2 atom stereocenters. The first-order valence-electron chi connectivity index (χ1n) is 10.6. The summed E-state index contributed by atoms with van der Waals surface area (Å²) in [4.78, 5) is 15.6. The van der Waals surface area contributed by atoms with Gasteiger partial charge in [-0.1, -0.05) is 47.5 Å². The number of aryl methyl sites for hydroxylation is 1. The summed E-state index contributed by atoms with van der Waals surface area (Å²) >= 11 is 13.2. The molecule has 2 heterocycles. The molecule has 1 unspecified atom stereocenters.